The van der Waals surface area contributed by atoms with E-state index in [2.05, 4.69) is 59.6 Å². The molecule has 5 heteroatoms. The van der Waals surface area contributed by atoms with Crippen molar-refractivity contribution in [3.63, 3.8) is 0 Å². The van der Waals surface area contributed by atoms with Crippen LogP contribution in [0.25, 0.3) is 32.3 Å². The first-order valence-corrected chi connectivity index (χ1v) is 10.0. The van der Waals surface area contributed by atoms with Crippen molar-refractivity contribution >= 4 is 61.5 Å². The average molecular weight is 437 g/mol. The summed E-state index contributed by atoms with van der Waals surface area (Å²) in [5, 5.41) is 7.73. The number of benzene rings is 4. The van der Waals surface area contributed by atoms with E-state index in [1.54, 1.807) is 6.20 Å². The zero-order valence-corrected chi connectivity index (χ0v) is 20.9. The number of nitrogens with zero attached hydrogens (tertiary/aromatic N) is 2. The predicted octanol–water partition coefficient (Wildman–Crippen LogP) is 2.82. The number of thiocarbonyl (C=S) groups is 1. The molecule has 29 heavy (non-hydrogen) atoms. The standard InChI is InChI=1S/C24H18N2S2.K/c27-24(28)26(15-20-6-1-2-13-25-20)14-19-10-9-18-8-7-16-4-3-5-17-11-12-21(19)23(18)22(16)17;/h1-13H,14-15H2,(H,27,28);/q;+1/p-1. The van der Waals surface area contributed by atoms with Crippen LogP contribution in [0.1, 0.15) is 11.3 Å². The number of aromatic nitrogens is 1. The minimum Gasteiger partial charge on any atom is -0.411 e. The molecule has 0 atom stereocenters. The van der Waals surface area contributed by atoms with Crippen LogP contribution < -0.4 is 51.4 Å². The largest absolute Gasteiger partial charge is 1.00 e. The van der Waals surface area contributed by atoms with Gasteiger partial charge in [-0.1, -0.05) is 65.0 Å². The number of rotatable bonds is 4. The molecule has 0 aliphatic carbocycles. The molecular formula is C24H17KN2S2. The minimum atomic E-state index is 0. The van der Waals surface area contributed by atoms with Crippen LogP contribution >= 0.6 is 12.2 Å². The molecule has 0 amide bonds. The van der Waals surface area contributed by atoms with Gasteiger partial charge >= 0.3 is 51.4 Å². The monoisotopic (exact) mass is 436 g/mol. The van der Waals surface area contributed by atoms with Gasteiger partial charge in [0, 0.05) is 12.7 Å². The third kappa shape index (κ3) is 4.06. The van der Waals surface area contributed by atoms with Gasteiger partial charge in [-0.25, -0.2) is 0 Å². The van der Waals surface area contributed by atoms with Gasteiger partial charge in [-0.2, -0.15) is 0 Å². The Morgan fingerprint density at radius 2 is 1.48 bits per heavy atom. The molecule has 1 heterocycles. The molecule has 1 aromatic heterocycles. The summed E-state index contributed by atoms with van der Waals surface area (Å²) in [4.78, 5) is 6.46. The van der Waals surface area contributed by atoms with E-state index in [4.69, 9.17) is 24.8 Å². The Balaban J connectivity index is 0.00000205. The van der Waals surface area contributed by atoms with E-state index < -0.39 is 0 Å². The maximum atomic E-state index is 5.37. The summed E-state index contributed by atoms with van der Waals surface area (Å²) in [6, 6.07) is 25.6. The van der Waals surface area contributed by atoms with Crippen LogP contribution in [0.2, 0.25) is 0 Å². The fourth-order valence-corrected chi connectivity index (χ4v) is 4.27. The van der Waals surface area contributed by atoms with E-state index in [1.165, 1.54) is 37.9 Å². The van der Waals surface area contributed by atoms with Gasteiger partial charge in [0.15, 0.2) is 0 Å². The molecule has 0 bridgehead atoms. The number of hydrogen-bond acceptors (Lipinski definition) is 3. The summed E-state index contributed by atoms with van der Waals surface area (Å²) in [6.07, 6.45) is 1.80. The van der Waals surface area contributed by atoms with Crippen molar-refractivity contribution in [2.75, 3.05) is 0 Å². The van der Waals surface area contributed by atoms with E-state index in [1.807, 2.05) is 23.1 Å². The Bertz CT molecular complexity index is 1290. The number of pyridine rings is 1. The van der Waals surface area contributed by atoms with Crippen molar-refractivity contribution < 1.29 is 51.4 Å². The zero-order valence-electron chi connectivity index (χ0n) is 16.1. The molecule has 0 fully saturated rings. The average Bonchev–Trinajstić information content (AvgIpc) is 2.73. The van der Waals surface area contributed by atoms with Gasteiger partial charge in [-0.15, -0.1) is 0 Å². The van der Waals surface area contributed by atoms with E-state index in [0.29, 0.717) is 17.4 Å². The number of hydrogen-bond donors (Lipinski definition) is 0. The molecule has 0 unspecified atom stereocenters. The Kier molecular flexibility index (Phi) is 6.46. The smallest absolute Gasteiger partial charge is 0.411 e. The van der Waals surface area contributed by atoms with Crippen LogP contribution in [0, 0.1) is 0 Å². The SMILES string of the molecule is S=C([S-])N(Cc1ccccn1)Cc1ccc2ccc3cccc4ccc1c2c34.[K+]. The topological polar surface area (TPSA) is 16.1 Å². The summed E-state index contributed by atoms with van der Waals surface area (Å²) in [5.74, 6) is 0. The third-order valence-corrected chi connectivity index (χ3v) is 5.83. The van der Waals surface area contributed by atoms with Gasteiger partial charge < -0.3 is 29.7 Å². The van der Waals surface area contributed by atoms with Crippen LogP contribution in [0.3, 0.4) is 0 Å². The fourth-order valence-electron chi connectivity index (χ4n) is 4.01. The first kappa shape index (κ1) is 21.1. The van der Waals surface area contributed by atoms with Crippen molar-refractivity contribution in [1.82, 2.24) is 9.88 Å². The molecular weight excluding hydrogens is 420 g/mol. The van der Waals surface area contributed by atoms with Gasteiger partial charge in [-0.3, -0.25) is 4.98 Å². The summed E-state index contributed by atoms with van der Waals surface area (Å²) < 4.78 is 0.469. The van der Waals surface area contributed by atoms with Crippen LogP contribution in [0.4, 0.5) is 0 Å². The molecule has 5 aromatic rings. The van der Waals surface area contributed by atoms with Gasteiger partial charge in [-0.05, 0) is 50.0 Å². The molecule has 0 radical (unpaired) electrons. The van der Waals surface area contributed by atoms with Crippen molar-refractivity contribution in [3.8, 4) is 0 Å². The fraction of sp³-hybridized carbons (Fsp3) is 0.0833. The Hall–Kier alpha value is -1.18. The van der Waals surface area contributed by atoms with Crippen molar-refractivity contribution in [3.05, 3.63) is 90.3 Å². The second kappa shape index (κ2) is 8.90. The Labute approximate surface area is 223 Å². The van der Waals surface area contributed by atoms with Crippen LogP contribution in [0.5, 0.6) is 0 Å². The first-order valence-electron chi connectivity index (χ1n) is 9.22. The molecule has 0 aliphatic rings. The zero-order chi connectivity index (χ0) is 19.1. The van der Waals surface area contributed by atoms with E-state index in [0.717, 1.165) is 5.69 Å². The first-order chi connectivity index (χ1) is 13.7. The third-order valence-electron chi connectivity index (χ3n) is 5.32. The second-order valence-corrected chi connectivity index (χ2v) is 8.06. The molecule has 4 aromatic carbocycles. The molecule has 0 N–H and O–H groups in total. The summed E-state index contributed by atoms with van der Waals surface area (Å²) in [6.45, 7) is 1.29. The van der Waals surface area contributed by atoms with Gasteiger partial charge in [0.05, 0.1) is 12.2 Å². The van der Waals surface area contributed by atoms with E-state index >= 15 is 0 Å². The van der Waals surface area contributed by atoms with Crippen LogP contribution in [-0.4, -0.2) is 14.2 Å². The maximum absolute atomic E-state index is 5.37. The van der Waals surface area contributed by atoms with Crippen molar-refractivity contribution in [2.24, 2.45) is 0 Å². The normalized spacial score (nSPS) is 11.0. The minimum absolute atomic E-state index is 0. The van der Waals surface area contributed by atoms with Crippen LogP contribution in [0.15, 0.2) is 79.0 Å². The molecule has 5 rings (SSSR count). The Morgan fingerprint density at radius 3 is 2.17 bits per heavy atom. The maximum Gasteiger partial charge on any atom is 1.00 e. The second-order valence-electron chi connectivity index (χ2n) is 7.02. The summed E-state index contributed by atoms with van der Waals surface area (Å²) >= 11 is 10.7. The van der Waals surface area contributed by atoms with E-state index in [9.17, 15) is 0 Å². The van der Waals surface area contributed by atoms with E-state index in [-0.39, 0.29) is 51.4 Å². The molecule has 0 saturated carbocycles. The molecule has 0 spiro atoms. The Morgan fingerprint density at radius 1 is 0.793 bits per heavy atom. The van der Waals surface area contributed by atoms with Crippen LogP contribution in [-0.2, 0) is 25.7 Å². The quantitative estimate of drug-likeness (QED) is 0.186. The molecule has 136 valence electrons. The van der Waals surface area contributed by atoms with Crippen molar-refractivity contribution in [2.45, 2.75) is 13.1 Å². The predicted molar refractivity (Wildman–Crippen MR) is 124 cm³/mol. The van der Waals surface area contributed by atoms with Gasteiger partial charge in [0.1, 0.15) is 0 Å². The molecule has 0 saturated heterocycles. The molecule has 0 aliphatic heterocycles. The summed E-state index contributed by atoms with van der Waals surface area (Å²) in [7, 11) is 0. The van der Waals surface area contributed by atoms with Gasteiger partial charge in [0.2, 0.25) is 0 Å². The molecule has 2 nitrogen and oxygen atoms in total. The van der Waals surface area contributed by atoms with Crippen molar-refractivity contribution in [1.29, 1.82) is 0 Å². The van der Waals surface area contributed by atoms with Gasteiger partial charge in [0.25, 0.3) is 0 Å². The summed E-state index contributed by atoms with van der Waals surface area (Å²) in [5.41, 5.74) is 2.20.